The Bertz CT molecular complexity index is 713. The summed E-state index contributed by atoms with van der Waals surface area (Å²) in [6.07, 6.45) is 0. The van der Waals surface area contributed by atoms with Gasteiger partial charge in [0.15, 0.2) is 0 Å². The van der Waals surface area contributed by atoms with Gasteiger partial charge in [0, 0.05) is 12.1 Å². The van der Waals surface area contributed by atoms with Crippen molar-refractivity contribution >= 4 is 11.9 Å². The zero-order valence-corrected chi connectivity index (χ0v) is 12.8. The van der Waals surface area contributed by atoms with E-state index in [1.807, 2.05) is 0 Å². The highest BCUT2D eigenvalue weighted by atomic mass is 19.1. The van der Waals surface area contributed by atoms with Gasteiger partial charge >= 0.3 is 5.97 Å². The summed E-state index contributed by atoms with van der Waals surface area (Å²) in [7, 11) is 2.74. The number of esters is 1. The zero-order valence-electron chi connectivity index (χ0n) is 12.8. The first-order valence-electron chi connectivity index (χ1n) is 6.84. The number of halogens is 1. The van der Waals surface area contributed by atoms with Crippen LogP contribution in [0.15, 0.2) is 42.5 Å². The van der Waals surface area contributed by atoms with Crippen molar-refractivity contribution < 1.29 is 23.5 Å². The van der Waals surface area contributed by atoms with E-state index in [1.54, 1.807) is 18.2 Å². The van der Waals surface area contributed by atoms with Crippen molar-refractivity contribution in [1.29, 1.82) is 0 Å². The van der Waals surface area contributed by atoms with Crippen molar-refractivity contribution in [3.63, 3.8) is 0 Å². The molecule has 2 aromatic carbocycles. The average molecular weight is 317 g/mol. The zero-order chi connectivity index (χ0) is 16.8. The Kier molecular flexibility index (Phi) is 5.30. The summed E-state index contributed by atoms with van der Waals surface area (Å²) in [5, 5.41) is 2.70. The molecular weight excluding hydrogens is 301 g/mol. The lowest BCUT2D eigenvalue weighted by molar-refractivity contribution is 0.0597. The molecule has 1 N–H and O–H groups in total. The van der Waals surface area contributed by atoms with Gasteiger partial charge in [0.1, 0.15) is 17.1 Å². The van der Waals surface area contributed by atoms with Crippen LogP contribution >= 0.6 is 0 Å². The van der Waals surface area contributed by atoms with Crippen LogP contribution in [0.5, 0.6) is 5.75 Å². The number of rotatable bonds is 5. The Morgan fingerprint density at radius 2 is 1.78 bits per heavy atom. The fourth-order valence-corrected chi connectivity index (χ4v) is 2.02. The molecule has 1 amide bonds. The van der Waals surface area contributed by atoms with E-state index >= 15 is 0 Å². The van der Waals surface area contributed by atoms with Crippen molar-refractivity contribution in [3.8, 4) is 5.75 Å². The highest BCUT2D eigenvalue weighted by molar-refractivity contribution is 5.94. The molecule has 6 heteroatoms. The monoisotopic (exact) mass is 317 g/mol. The molecule has 23 heavy (non-hydrogen) atoms. The number of benzene rings is 2. The van der Waals surface area contributed by atoms with Gasteiger partial charge in [0.2, 0.25) is 0 Å². The van der Waals surface area contributed by atoms with Crippen LogP contribution in [0.4, 0.5) is 4.39 Å². The number of hydrogen-bond acceptors (Lipinski definition) is 4. The van der Waals surface area contributed by atoms with Crippen LogP contribution in [0.3, 0.4) is 0 Å². The maximum Gasteiger partial charge on any atom is 0.341 e. The minimum Gasteiger partial charge on any atom is -0.496 e. The molecule has 0 atom stereocenters. The molecule has 5 nitrogen and oxygen atoms in total. The standard InChI is InChI=1S/C17H16FNO4/c1-22-15-8-3-11(9-14(15)17(21)23-2)10-19-16(20)12-4-6-13(18)7-5-12/h3-9H,10H2,1-2H3,(H,19,20). The fourth-order valence-electron chi connectivity index (χ4n) is 2.02. The third-order valence-corrected chi connectivity index (χ3v) is 3.23. The van der Waals surface area contributed by atoms with Crippen LogP contribution in [0.25, 0.3) is 0 Å². The number of nitrogens with one attached hydrogen (secondary N) is 1. The first kappa shape index (κ1) is 16.5. The van der Waals surface area contributed by atoms with E-state index in [4.69, 9.17) is 9.47 Å². The fraction of sp³-hybridized carbons (Fsp3) is 0.176. The Morgan fingerprint density at radius 1 is 1.09 bits per heavy atom. The molecule has 2 rings (SSSR count). The largest absolute Gasteiger partial charge is 0.496 e. The van der Waals surface area contributed by atoms with Crippen LogP contribution in [-0.4, -0.2) is 26.1 Å². The SMILES string of the molecule is COC(=O)c1cc(CNC(=O)c2ccc(F)cc2)ccc1OC. The second kappa shape index (κ2) is 7.40. The average Bonchev–Trinajstić information content (AvgIpc) is 2.59. The number of ether oxygens (including phenoxy) is 2. The number of methoxy groups -OCH3 is 2. The van der Waals surface area contributed by atoms with Gasteiger partial charge in [-0.1, -0.05) is 6.07 Å². The quantitative estimate of drug-likeness (QED) is 0.861. The van der Waals surface area contributed by atoms with Gasteiger partial charge in [-0.25, -0.2) is 9.18 Å². The van der Waals surface area contributed by atoms with E-state index in [2.05, 4.69) is 5.32 Å². The highest BCUT2D eigenvalue weighted by Crippen LogP contribution is 2.20. The van der Waals surface area contributed by atoms with E-state index in [1.165, 1.54) is 38.5 Å². The third-order valence-electron chi connectivity index (χ3n) is 3.23. The van der Waals surface area contributed by atoms with Gasteiger partial charge in [-0.3, -0.25) is 4.79 Å². The molecule has 0 aliphatic rings. The van der Waals surface area contributed by atoms with E-state index in [0.29, 0.717) is 16.9 Å². The van der Waals surface area contributed by atoms with Crippen molar-refractivity contribution in [2.24, 2.45) is 0 Å². The molecular formula is C17H16FNO4. The minimum absolute atomic E-state index is 0.212. The summed E-state index contributed by atoms with van der Waals surface area (Å²) < 4.78 is 22.6. The summed E-state index contributed by atoms with van der Waals surface area (Å²) in [6.45, 7) is 0.212. The smallest absolute Gasteiger partial charge is 0.341 e. The summed E-state index contributed by atoms with van der Waals surface area (Å²) >= 11 is 0. The molecule has 0 aromatic heterocycles. The van der Waals surface area contributed by atoms with E-state index in [0.717, 1.165) is 0 Å². The predicted molar refractivity (Wildman–Crippen MR) is 81.9 cm³/mol. The third kappa shape index (κ3) is 4.06. The lowest BCUT2D eigenvalue weighted by Crippen LogP contribution is -2.23. The summed E-state index contributed by atoms with van der Waals surface area (Å²) in [6, 6.07) is 10.2. The Balaban J connectivity index is 2.09. The van der Waals surface area contributed by atoms with Crippen LogP contribution < -0.4 is 10.1 Å². The lowest BCUT2D eigenvalue weighted by atomic mass is 10.1. The molecule has 0 spiro atoms. The first-order valence-corrected chi connectivity index (χ1v) is 6.84. The molecule has 0 heterocycles. The van der Waals surface area contributed by atoms with Crippen LogP contribution in [0, 0.1) is 5.82 Å². The van der Waals surface area contributed by atoms with Gasteiger partial charge < -0.3 is 14.8 Å². The van der Waals surface area contributed by atoms with E-state index in [9.17, 15) is 14.0 Å². The van der Waals surface area contributed by atoms with Gasteiger partial charge in [-0.05, 0) is 42.0 Å². The molecule has 0 aliphatic heterocycles. The molecule has 0 unspecified atom stereocenters. The molecule has 0 saturated heterocycles. The maximum atomic E-state index is 12.8. The molecule has 2 aromatic rings. The summed E-state index contributed by atoms with van der Waals surface area (Å²) in [5.74, 6) is -0.862. The Labute approximate surface area is 133 Å². The molecule has 120 valence electrons. The predicted octanol–water partition coefficient (Wildman–Crippen LogP) is 2.55. The van der Waals surface area contributed by atoms with Crippen molar-refractivity contribution in [2.45, 2.75) is 6.54 Å². The molecule has 0 aliphatic carbocycles. The van der Waals surface area contributed by atoms with Gasteiger partial charge in [0.25, 0.3) is 5.91 Å². The number of carbonyl (C=O) groups is 2. The normalized spacial score (nSPS) is 10.0. The molecule has 0 fully saturated rings. The van der Waals surface area contributed by atoms with Gasteiger partial charge in [-0.2, -0.15) is 0 Å². The van der Waals surface area contributed by atoms with Crippen LogP contribution in [0.1, 0.15) is 26.3 Å². The van der Waals surface area contributed by atoms with E-state index in [-0.39, 0.29) is 18.0 Å². The molecule has 0 saturated carbocycles. The van der Waals surface area contributed by atoms with Gasteiger partial charge in [-0.15, -0.1) is 0 Å². The van der Waals surface area contributed by atoms with Crippen LogP contribution in [-0.2, 0) is 11.3 Å². The number of carbonyl (C=O) groups excluding carboxylic acids is 2. The second-order valence-electron chi connectivity index (χ2n) is 4.72. The summed E-state index contributed by atoms with van der Waals surface area (Å²) in [5.41, 5.74) is 1.35. The Hall–Kier alpha value is -2.89. The first-order chi connectivity index (χ1) is 11.0. The number of amides is 1. The maximum absolute atomic E-state index is 12.8. The van der Waals surface area contributed by atoms with Crippen molar-refractivity contribution in [3.05, 3.63) is 65.0 Å². The lowest BCUT2D eigenvalue weighted by Gasteiger charge is -2.10. The van der Waals surface area contributed by atoms with Crippen LogP contribution in [0.2, 0.25) is 0 Å². The van der Waals surface area contributed by atoms with Gasteiger partial charge in [0.05, 0.1) is 14.2 Å². The Morgan fingerprint density at radius 3 is 2.39 bits per heavy atom. The minimum atomic E-state index is -0.520. The summed E-state index contributed by atoms with van der Waals surface area (Å²) in [4.78, 5) is 23.7. The molecule has 0 radical (unpaired) electrons. The van der Waals surface area contributed by atoms with Crippen molar-refractivity contribution in [2.75, 3.05) is 14.2 Å². The number of hydrogen-bond donors (Lipinski definition) is 1. The molecule has 0 bridgehead atoms. The van der Waals surface area contributed by atoms with E-state index < -0.39 is 11.8 Å². The second-order valence-corrected chi connectivity index (χ2v) is 4.72. The van der Waals surface area contributed by atoms with Crippen molar-refractivity contribution in [1.82, 2.24) is 5.32 Å². The topological polar surface area (TPSA) is 64.6 Å². The highest BCUT2D eigenvalue weighted by Gasteiger charge is 2.14.